The van der Waals surface area contributed by atoms with Crippen LogP contribution in [0.3, 0.4) is 0 Å². The van der Waals surface area contributed by atoms with Crippen molar-refractivity contribution in [2.24, 2.45) is 0 Å². The van der Waals surface area contributed by atoms with Gasteiger partial charge in [0.05, 0.1) is 11.9 Å². The first kappa shape index (κ1) is 15.8. The van der Waals surface area contributed by atoms with E-state index in [1.165, 1.54) is 4.68 Å². The minimum Gasteiger partial charge on any atom is -0.356 e. The van der Waals surface area contributed by atoms with E-state index in [-0.39, 0.29) is 24.4 Å². The number of aromatic nitrogens is 4. The molecule has 1 aromatic carbocycles. The van der Waals surface area contributed by atoms with Crippen LogP contribution in [-0.2, 0) is 17.8 Å². The minimum absolute atomic E-state index is 0.132. The fraction of sp³-hybridized carbons (Fsp3) is 0.235. The lowest BCUT2D eigenvalue weighted by atomic mass is 10.2. The van der Waals surface area contributed by atoms with E-state index in [0.717, 1.165) is 5.69 Å². The normalized spacial score (nSPS) is 10.7. The molecule has 122 valence electrons. The van der Waals surface area contributed by atoms with Gasteiger partial charge in [-0.05, 0) is 24.3 Å². The van der Waals surface area contributed by atoms with Crippen LogP contribution in [0.4, 0.5) is 0 Å². The number of benzene rings is 1. The molecule has 1 N–H and O–H groups in total. The van der Waals surface area contributed by atoms with E-state index in [9.17, 15) is 9.59 Å². The lowest BCUT2D eigenvalue weighted by molar-refractivity contribution is -0.121. The summed E-state index contributed by atoms with van der Waals surface area (Å²) in [5, 5.41) is 11.2. The quantitative estimate of drug-likeness (QED) is 0.729. The van der Waals surface area contributed by atoms with Crippen molar-refractivity contribution in [1.29, 1.82) is 0 Å². The smallest absolute Gasteiger partial charge is 0.277 e. The Morgan fingerprint density at radius 1 is 1.12 bits per heavy atom. The Labute approximate surface area is 138 Å². The van der Waals surface area contributed by atoms with E-state index in [1.54, 1.807) is 30.5 Å². The maximum Gasteiger partial charge on any atom is 0.277 e. The number of nitrogens with zero attached hydrogens (tertiary/aromatic N) is 4. The van der Waals surface area contributed by atoms with Crippen molar-refractivity contribution in [3.05, 3.63) is 64.7 Å². The van der Waals surface area contributed by atoms with Crippen LogP contribution in [-0.4, -0.2) is 32.4 Å². The van der Waals surface area contributed by atoms with Crippen LogP contribution in [0.25, 0.3) is 10.9 Å². The first-order chi connectivity index (χ1) is 11.7. The van der Waals surface area contributed by atoms with E-state index < -0.39 is 0 Å². The number of carbonyl (C=O) groups excluding carboxylic acids is 1. The molecule has 2 aromatic heterocycles. The third kappa shape index (κ3) is 3.81. The Kier molecular flexibility index (Phi) is 4.90. The molecule has 24 heavy (non-hydrogen) atoms. The standard InChI is InChI=1S/C17H17N5O2/c23-16(19-11-8-13-5-3-4-10-18-13)9-12-22-17(24)14-6-1-2-7-15(14)20-21-22/h1-7,10H,8-9,11-12H2,(H,19,23). The second-order valence-electron chi connectivity index (χ2n) is 5.31. The van der Waals surface area contributed by atoms with Gasteiger partial charge < -0.3 is 5.32 Å². The molecule has 0 aliphatic rings. The molecule has 0 aliphatic carbocycles. The van der Waals surface area contributed by atoms with Gasteiger partial charge in [0.25, 0.3) is 5.56 Å². The molecular formula is C17H17N5O2. The largest absolute Gasteiger partial charge is 0.356 e. The third-order valence-electron chi connectivity index (χ3n) is 3.61. The predicted octanol–water partition coefficient (Wildman–Crippen LogP) is 0.935. The van der Waals surface area contributed by atoms with Crippen LogP contribution < -0.4 is 10.9 Å². The fourth-order valence-corrected chi connectivity index (χ4v) is 2.34. The number of rotatable bonds is 6. The summed E-state index contributed by atoms with van der Waals surface area (Å²) in [6.45, 7) is 0.709. The average Bonchev–Trinajstić information content (AvgIpc) is 2.62. The molecule has 0 fully saturated rings. The summed E-state index contributed by atoms with van der Waals surface area (Å²) in [4.78, 5) is 28.3. The maximum absolute atomic E-state index is 12.3. The molecule has 0 saturated heterocycles. The number of aryl methyl sites for hydroxylation is 1. The molecule has 0 spiro atoms. The lowest BCUT2D eigenvalue weighted by Crippen LogP contribution is -2.30. The van der Waals surface area contributed by atoms with Crippen LogP contribution in [0.5, 0.6) is 0 Å². The van der Waals surface area contributed by atoms with Crippen LogP contribution in [0.2, 0.25) is 0 Å². The Morgan fingerprint density at radius 2 is 1.96 bits per heavy atom. The maximum atomic E-state index is 12.3. The van der Waals surface area contributed by atoms with E-state index in [1.807, 2.05) is 18.2 Å². The van der Waals surface area contributed by atoms with Gasteiger partial charge in [-0.3, -0.25) is 14.6 Å². The molecule has 0 saturated carbocycles. The van der Waals surface area contributed by atoms with Gasteiger partial charge in [-0.15, -0.1) is 5.10 Å². The number of carbonyl (C=O) groups is 1. The van der Waals surface area contributed by atoms with Gasteiger partial charge in [-0.1, -0.05) is 23.4 Å². The molecule has 0 aliphatic heterocycles. The van der Waals surface area contributed by atoms with Crippen molar-refractivity contribution in [1.82, 2.24) is 25.3 Å². The molecule has 0 radical (unpaired) electrons. The SMILES string of the molecule is O=C(CCn1nnc2ccccc2c1=O)NCCc1ccccn1. The molecule has 0 bridgehead atoms. The van der Waals surface area contributed by atoms with Crippen molar-refractivity contribution in [2.45, 2.75) is 19.4 Å². The molecule has 7 heteroatoms. The molecule has 1 amide bonds. The molecule has 2 heterocycles. The molecular weight excluding hydrogens is 306 g/mol. The van der Waals surface area contributed by atoms with Gasteiger partial charge in [-0.25, -0.2) is 4.68 Å². The van der Waals surface area contributed by atoms with Gasteiger partial charge in [0.2, 0.25) is 5.91 Å². The van der Waals surface area contributed by atoms with Crippen LogP contribution >= 0.6 is 0 Å². The summed E-state index contributed by atoms with van der Waals surface area (Å²) in [6, 6.07) is 12.7. The zero-order valence-corrected chi connectivity index (χ0v) is 13.1. The van der Waals surface area contributed by atoms with Gasteiger partial charge in [-0.2, -0.15) is 0 Å². The van der Waals surface area contributed by atoms with Crippen molar-refractivity contribution >= 4 is 16.8 Å². The number of hydrogen-bond donors (Lipinski definition) is 1. The van der Waals surface area contributed by atoms with Gasteiger partial charge in [0, 0.05) is 31.3 Å². The zero-order chi connectivity index (χ0) is 16.8. The van der Waals surface area contributed by atoms with E-state index in [2.05, 4.69) is 20.6 Å². The van der Waals surface area contributed by atoms with Gasteiger partial charge >= 0.3 is 0 Å². The van der Waals surface area contributed by atoms with Crippen molar-refractivity contribution in [3.8, 4) is 0 Å². The summed E-state index contributed by atoms with van der Waals surface area (Å²) in [7, 11) is 0. The highest BCUT2D eigenvalue weighted by Crippen LogP contribution is 2.03. The topological polar surface area (TPSA) is 89.8 Å². The Bertz CT molecular complexity index is 892. The number of fused-ring (bicyclic) bond motifs is 1. The molecule has 3 aromatic rings. The zero-order valence-electron chi connectivity index (χ0n) is 13.1. The molecule has 0 atom stereocenters. The monoisotopic (exact) mass is 323 g/mol. The highest BCUT2D eigenvalue weighted by molar-refractivity contribution is 5.77. The number of hydrogen-bond acceptors (Lipinski definition) is 5. The minimum atomic E-state index is -0.234. The number of amides is 1. The Morgan fingerprint density at radius 3 is 2.79 bits per heavy atom. The molecule has 0 unspecified atom stereocenters. The van der Waals surface area contributed by atoms with Crippen LogP contribution in [0, 0.1) is 0 Å². The molecule has 7 nitrogen and oxygen atoms in total. The summed E-state index contributed by atoms with van der Waals surface area (Å²) >= 11 is 0. The van der Waals surface area contributed by atoms with E-state index in [0.29, 0.717) is 23.9 Å². The van der Waals surface area contributed by atoms with Gasteiger partial charge in [0.15, 0.2) is 0 Å². The second-order valence-corrected chi connectivity index (χ2v) is 5.31. The average molecular weight is 323 g/mol. The van der Waals surface area contributed by atoms with Crippen molar-refractivity contribution in [3.63, 3.8) is 0 Å². The lowest BCUT2D eigenvalue weighted by Gasteiger charge is -2.06. The van der Waals surface area contributed by atoms with E-state index in [4.69, 9.17) is 0 Å². The third-order valence-corrected chi connectivity index (χ3v) is 3.61. The summed E-state index contributed by atoms with van der Waals surface area (Å²) in [6.07, 6.45) is 2.57. The van der Waals surface area contributed by atoms with Crippen molar-refractivity contribution < 1.29 is 4.79 Å². The second kappa shape index (κ2) is 7.45. The summed E-state index contributed by atoms with van der Waals surface area (Å²) in [5.41, 5.74) is 1.25. The van der Waals surface area contributed by atoms with Gasteiger partial charge in [0.1, 0.15) is 5.52 Å². The number of nitrogens with one attached hydrogen (secondary N) is 1. The predicted molar refractivity (Wildman–Crippen MR) is 89.4 cm³/mol. The number of pyridine rings is 1. The molecule has 3 rings (SSSR count). The van der Waals surface area contributed by atoms with Crippen LogP contribution in [0.1, 0.15) is 12.1 Å². The Balaban J connectivity index is 1.53. The van der Waals surface area contributed by atoms with Crippen molar-refractivity contribution in [2.75, 3.05) is 6.54 Å². The summed E-state index contributed by atoms with van der Waals surface area (Å²) in [5.74, 6) is -0.132. The first-order valence-electron chi connectivity index (χ1n) is 7.73. The first-order valence-corrected chi connectivity index (χ1v) is 7.73. The van der Waals surface area contributed by atoms with Crippen LogP contribution in [0.15, 0.2) is 53.5 Å². The Hall–Kier alpha value is -3.09. The fourth-order valence-electron chi connectivity index (χ4n) is 2.34. The highest BCUT2D eigenvalue weighted by atomic mass is 16.2. The summed E-state index contributed by atoms with van der Waals surface area (Å²) < 4.78 is 1.22. The highest BCUT2D eigenvalue weighted by Gasteiger charge is 2.07. The van der Waals surface area contributed by atoms with E-state index >= 15 is 0 Å².